The first-order chi connectivity index (χ1) is 8.93. The van der Waals surface area contributed by atoms with Crippen molar-refractivity contribution in [3.05, 3.63) is 0 Å². The maximum Gasteiger partial charge on any atom is 0.320 e. The molecule has 0 aromatic heterocycles. The summed E-state index contributed by atoms with van der Waals surface area (Å²) < 4.78 is 0. The minimum Gasteiger partial charge on any atom is -0.480 e. The molecule has 1 saturated heterocycles. The summed E-state index contributed by atoms with van der Waals surface area (Å²) in [6.45, 7) is 4.00. The lowest BCUT2D eigenvalue weighted by molar-refractivity contribution is -0.138. The van der Waals surface area contributed by atoms with Crippen LogP contribution in [0, 0.1) is 0 Å². The van der Waals surface area contributed by atoms with Crippen molar-refractivity contribution in [3.8, 4) is 0 Å². The molecule has 114 valence electrons. The van der Waals surface area contributed by atoms with Crippen LogP contribution in [-0.2, 0) is 4.79 Å². The van der Waals surface area contributed by atoms with E-state index in [4.69, 9.17) is 15.6 Å². The first kappa shape index (κ1) is 20.4. The fraction of sp³-hybridized carbons (Fsp3) is 0.833. The van der Waals surface area contributed by atoms with Crippen molar-refractivity contribution in [2.24, 2.45) is 17.2 Å². The third-order valence-corrected chi connectivity index (χ3v) is 3.85. The lowest BCUT2D eigenvalue weighted by atomic mass is 10.1. The highest BCUT2D eigenvalue weighted by Crippen LogP contribution is 2.29. The van der Waals surface area contributed by atoms with Gasteiger partial charge in [0.05, 0.1) is 0 Å². The summed E-state index contributed by atoms with van der Waals surface area (Å²) in [6, 6.07) is -1.49. The Bertz CT molecular complexity index is 242. The lowest BCUT2D eigenvalue weighted by Gasteiger charge is -2.09. The lowest BCUT2D eigenvalue weighted by Crippen LogP contribution is -2.29. The van der Waals surface area contributed by atoms with Gasteiger partial charge in [-0.3, -0.25) is 4.79 Å². The highest BCUT2D eigenvalue weighted by Gasteiger charge is 2.16. The van der Waals surface area contributed by atoms with Gasteiger partial charge in [0.25, 0.3) is 0 Å². The maximum absolute atomic E-state index is 10.4. The predicted molar refractivity (Wildman–Crippen MR) is 80.1 cm³/mol. The van der Waals surface area contributed by atoms with Gasteiger partial charge in [-0.15, -0.1) is 0 Å². The van der Waals surface area contributed by atoms with Gasteiger partial charge in [-0.1, -0.05) is 20.3 Å². The molecule has 1 fully saturated rings. The highest BCUT2D eigenvalue weighted by atomic mass is 32.2. The van der Waals surface area contributed by atoms with Crippen LogP contribution < -0.4 is 17.2 Å². The van der Waals surface area contributed by atoms with Crippen LogP contribution in [0.25, 0.3) is 0 Å². The fourth-order valence-corrected chi connectivity index (χ4v) is 2.89. The number of carboxylic acid groups (broad SMARTS) is 1. The van der Waals surface area contributed by atoms with Gasteiger partial charge < -0.3 is 22.3 Å². The summed E-state index contributed by atoms with van der Waals surface area (Å²) in [5.74, 6) is 0.398. The van der Waals surface area contributed by atoms with E-state index in [9.17, 15) is 4.79 Å². The summed E-state index contributed by atoms with van der Waals surface area (Å²) in [6.07, 6.45) is 5.32. The van der Waals surface area contributed by atoms with Gasteiger partial charge in [0.15, 0.2) is 0 Å². The molecular weight excluding hydrogens is 266 g/mol. The molecule has 0 saturated carbocycles. The summed E-state index contributed by atoms with van der Waals surface area (Å²) in [4.78, 5) is 19.4. The molecule has 0 spiro atoms. The minimum atomic E-state index is -0.876. The molecule has 2 atom stereocenters. The van der Waals surface area contributed by atoms with Crippen molar-refractivity contribution in [2.45, 2.75) is 57.2 Å². The Morgan fingerprint density at radius 2 is 1.89 bits per heavy atom. The quantitative estimate of drug-likeness (QED) is 0.610. The van der Waals surface area contributed by atoms with E-state index in [1.54, 1.807) is 0 Å². The number of carbonyl (C=O) groups is 2. The number of primary amides is 2. The monoisotopic (exact) mass is 293 g/mol. The second kappa shape index (κ2) is 13.5. The van der Waals surface area contributed by atoms with Crippen LogP contribution >= 0.6 is 11.8 Å². The van der Waals surface area contributed by atoms with E-state index in [1.165, 1.54) is 18.6 Å². The number of amides is 2. The van der Waals surface area contributed by atoms with Crippen LogP contribution in [0.5, 0.6) is 0 Å². The molecule has 6 nitrogen and oxygen atoms in total. The molecule has 0 radical (unpaired) electrons. The number of thioether (sulfide) groups is 1. The molecule has 19 heavy (non-hydrogen) atoms. The maximum atomic E-state index is 10.4. The summed E-state index contributed by atoms with van der Waals surface area (Å²) >= 11 is 2.01. The van der Waals surface area contributed by atoms with Crippen LogP contribution in [0.2, 0.25) is 0 Å². The van der Waals surface area contributed by atoms with Crippen LogP contribution in [0.1, 0.15) is 46.0 Å². The van der Waals surface area contributed by atoms with E-state index in [0.717, 1.165) is 18.1 Å². The smallest absolute Gasteiger partial charge is 0.320 e. The van der Waals surface area contributed by atoms with Gasteiger partial charge in [0.1, 0.15) is 6.04 Å². The van der Waals surface area contributed by atoms with Crippen molar-refractivity contribution in [2.75, 3.05) is 5.75 Å². The van der Waals surface area contributed by atoms with Crippen molar-refractivity contribution in [1.29, 1.82) is 0 Å². The Balaban J connectivity index is 0. The summed E-state index contributed by atoms with van der Waals surface area (Å²) in [7, 11) is 0. The van der Waals surface area contributed by atoms with Crippen LogP contribution in [0.4, 0.5) is 4.79 Å². The number of rotatable bonds is 5. The van der Waals surface area contributed by atoms with Crippen molar-refractivity contribution in [3.63, 3.8) is 0 Å². The van der Waals surface area contributed by atoms with E-state index in [2.05, 4.69) is 11.5 Å². The van der Waals surface area contributed by atoms with E-state index in [-0.39, 0.29) is 0 Å². The zero-order valence-corrected chi connectivity index (χ0v) is 12.6. The molecule has 1 aliphatic heterocycles. The van der Waals surface area contributed by atoms with Gasteiger partial charge in [0.2, 0.25) is 0 Å². The van der Waals surface area contributed by atoms with Gasteiger partial charge in [0, 0.05) is 5.25 Å². The zero-order chi connectivity index (χ0) is 15.3. The van der Waals surface area contributed by atoms with Crippen LogP contribution in [-0.4, -0.2) is 34.2 Å². The number of hydrogen-bond donors (Lipinski definition) is 4. The molecular formula is C12H27N3O3S. The Labute approximate surface area is 119 Å². The topological polar surface area (TPSA) is 132 Å². The predicted octanol–water partition coefficient (Wildman–Crippen LogP) is 1.51. The van der Waals surface area contributed by atoms with Crippen LogP contribution in [0.3, 0.4) is 0 Å². The standard InChI is InChI=1S/C9H17NO2S.C2H6.CH4N2O/c10-8(9(11)12)5-1-3-7-4-2-6-13-7;1-2;2-1(3)4/h7-8H,1-6,10H2,(H,11,12);1-2H3;(H4,2,3,4)/t7-,8?;;/m0../s1. The molecule has 0 aromatic rings. The number of hydrogen-bond acceptors (Lipinski definition) is 4. The molecule has 0 aromatic carbocycles. The Morgan fingerprint density at radius 3 is 2.26 bits per heavy atom. The third kappa shape index (κ3) is 15.0. The second-order valence-electron chi connectivity index (χ2n) is 3.91. The number of carboxylic acids is 1. The largest absolute Gasteiger partial charge is 0.480 e. The number of aliphatic carboxylic acids is 1. The van der Waals surface area contributed by atoms with Crippen molar-refractivity contribution < 1.29 is 14.7 Å². The fourth-order valence-electron chi connectivity index (χ4n) is 1.56. The Kier molecular flexibility index (Phi) is 14.5. The number of urea groups is 1. The van der Waals surface area contributed by atoms with Gasteiger partial charge in [-0.2, -0.15) is 11.8 Å². The molecule has 7 N–H and O–H groups in total. The first-order valence-electron chi connectivity index (χ1n) is 6.58. The van der Waals surface area contributed by atoms with E-state index in [1.807, 2.05) is 25.6 Å². The normalized spacial score (nSPS) is 18.4. The number of carbonyl (C=O) groups excluding carboxylic acids is 1. The molecule has 7 heteroatoms. The van der Waals surface area contributed by atoms with Gasteiger partial charge >= 0.3 is 12.0 Å². The molecule has 1 rings (SSSR count). The summed E-state index contributed by atoms with van der Waals surface area (Å²) in [5.41, 5.74) is 13.9. The van der Waals surface area contributed by atoms with E-state index < -0.39 is 18.0 Å². The third-order valence-electron chi connectivity index (χ3n) is 2.38. The molecule has 1 heterocycles. The van der Waals surface area contributed by atoms with Crippen molar-refractivity contribution >= 4 is 23.8 Å². The first-order valence-corrected chi connectivity index (χ1v) is 7.63. The highest BCUT2D eigenvalue weighted by molar-refractivity contribution is 8.00. The van der Waals surface area contributed by atoms with Crippen LogP contribution in [0.15, 0.2) is 0 Å². The van der Waals surface area contributed by atoms with E-state index >= 15 is 0 Å². The van der Waals surface area contributed by atoms with Crippen molar-refractivity contribution in [1.82, 2.24) is 0 Å². The minimum absolute atomic E-state index is 0.617. The van der Waals surface area contributed by atoms with E-state index in [0.29, 0.717) is 6.42 Å². The average Bonchev–Trinajstić information content (AvgIpc) is 2.83. The molecule has 1 unspecified atom stereocenters. The summed E-state index contributed by atoms with van der Waals surface area (Å²) in [5, 5.41) is 9.31. The average molecular weight is 293 g/mol. The Morgan fingerprint density at radius 1 is 1.37 bits per heavy atom. The zero-order valence-electron chi connectivity index (χ0n) is 11.8. The second-order valence-corrected chi connectivity index (χ2v) is 5.32. The number of nitrogens with two attached hydrogens (primary N) is 3. The molecule has 2 amide bonds. The van der Waals surface area contributed by atoms with Gasteiger partial charge in [-0.25, -0.2) is 4.79 Å². The van der Waals surface area contributed by atoms with Gasteiger partial charge in [-0.05, 0) is 31.4 Å². The Hall–Kier alpha value is -0.950. The molecule has 0 aliphatic carbocycles. The molecule has 1 aliphatic rings. The molecule has 0 bridgehead atoms. The SMILES string of the molecule is CC.NC(CCC[C@H]1CCCS1)C(=O)O.NC(N)=O.